The number of hydrogen-bond donors (Lipinski definition) is 1. The Bertz CT molecular complexity index is 1440. The number of anilines is 1. The van der Waals surface area contributed by atoms with Gasteiger partial charge in [-0.15, -0.1) is 0 Å². The molecule has 2 saturated heterocycles. The fourth-order valence-electron chi connectivity index (χ4n) is 6.31. The summed E-state index contributed by atoms with van der Waals surface area (Å²) < 4.78 is 23.3. The number of H-pyrrole nitrogens is 1. The number of aromatic amines is 1. The monoisotopic (exact) mass is 475 g/mol. The minimum Gasteiger partial charge on any atom is -0.493 e. The molecule has 1 saturated carbocycles. The van der Waals surface area contributed by atoms with Gasteiger partial charge in [-0.3, -0.25) is 4.90 Å². The molecule has 1 aliphatic carbocycles. The van der Waals surface area contributed by atoms with E-state index in [0.29, 0.717) is 33.5 Å². The van der Waals surface area contributed by atoms with Crippen LogP contribution in [0.5, 0.6) is 5.75 Å². The summed E-state index contributed by atoms with van der Waals surface area (Å²) in [6.45, 7) is 8.27. The molecule has 7 rings (SSSR count). The van der Waals surface area contributed by atoms with Gasteiger partial charge in [0.1, 0.15) is 6.33 Å². The van der Waals surface area contributed by atoms with Crippen molar-refractivity contribution in [2.45, 2.75) is 45.1 Å². The van der Waals surface area contributed by atoms with Crippen LogP contribution in [0, 0.1) is 11.2 Å². The lowest BCUT2D eigenvalue weighted by atomic mass is 9.70. The maximum Gasteiger partial charge on any atom is 0.197 e. The van der Waals surface area contributed by atoms with Gasteiger partial charge < -0.3 is 14.6 Å². The van der Waals surface area contributed by atoms with Crippen LogP contribution in [0.2, 0.25) is 0 Å². The summed E-state index contributed by atoms with van der Waals surface area (Å²) >= 11 is 0. The summed E-state index contributed by atoms with van der Waals surface area (Å²) in [4.78, 5) is 17.0. The molecule has 6 heterocycles. The molecule has 0 unspecified atom stereocenters. The topological polar surface area (TPSA) is 74.6 Å². The Morgan fingerprint density at radius 2 is 1.97 bits per heavy atom. The van der Waals surface area contributed by atoms with Crippen molar-refractivity contribution in [2.24, 2.45) is 5.41 Å². The Morgan fingerprint density at radius 1 is 1.17 bits per heavy atom. The normalized spacial score (nSPS) is 20.0. The minimum atomic E-state index is -0.229. The summed E-state index contributed by atoms with van der Waals surface area (Å²) in [7, 11) is 1.62. The van der Waals surface area contributed by atoms with E-state index in [0.717, 1.165) is 49.0 Å². The van der Waals surface area contributed by atoms with Gasteiger partial charge in [0.15, 0.2) is 23.0 Å². The molecular weight excluding hydrogens is 445 g/mol. The highest BCUT2D eigenvalue weighted by Crippen LogP contribution is 2.46. The summed E-state index contributed by atoms with van der Waals surface area (Å²) in [5, 5.41) is 4.91. The van der Waals surface area contributed by atoms with Crippen molar-refractivity contribution >= 4 is 22.4 Å². The number of aromatic nitrogens is 5. The third-order valence-electron chi connectivity index (χ3n) is 8.25. The van der Waals surface area contributed by atoms with Gasteiger partial charge in [-0.1, -0.05) is 20.3 Å². The Balaban J connectivity index is 1.25. The Kier molecular flexibility index (Phi) is 4.46. The molecule has 182 valence electrons. The number of rotatable bonds is 5. The van der Waals surface area contributed by atoms with E-state index in [1.165, 1.54) is 25.6 Å². The quantitative estimate of drug-likeness (QED) is 0.466. The smallest absolute Gasteiger partial charge is 0.197 e. The zero-order valence-corrected chi connectivity index (χ0v) is 20.4. The first-order chi connectivity index (χ1) is 17.0. The number of nitrogens with one attached hydrogen (secondary N) is 1. The number of fused-ring (bicyclic) bond motifs is 2. The van der Waals surface area contributed by atoms with Crippen molar-refractivity contribution in [1.82, 2.24) is 29.5 Å². The van der Waals surface area contributed by atoms with Crippen molar-refractivity contribution in [3.63, 3.8) is 0 Å². The lowest BCUT2D eigenvalue weighted by Crippen LogP contribution is -2.74. The second-order valence-electron chi connectivity index (χ2n) is 10.9. The first-order valence-electron chi connectivity index (χ1n) is 12.5. The first-order valence-corrected chi connectivity index (χ1v) is 12.5. The largest absolute Gasteiger partial charge is 0.493 e. The summed E-state index contributed by atoms with van der Waals surface area (Å²) in [6, 6.07) is 2.72. The number of halogens is 1. The third-order valence-corrected chi connectivity index (χ3v) is 8.25. The SMILES string of the molecule is COc1cc(-c2[nH]c3cnc(N4CC5(C4)CN(C4CCC4)C5)c(F)c3c2C(C)C)cn2ncnc12. The predicted octanol–water partition coefficient (Wildman–Crippen LogP) is 4.22. The molecule has 35 heavy (non-hydrogen) atoms. The van der Waals surface area contributed by atoms with Gasteiger partial charge in [0.2, 0.25) is 0 Å². The lowest BCUT2D eigenvalue weighted by molar-refractivity contribution is -0.0693. The minimum absolute atomic E-state index is 0.103. The molecule has 4 aromatic heterocycles. The summed E-state index contributed by atoms with van der Waals surface area (Å²) in [5.74, 6) is 0.968. The van der Waals surface area contributed by atoms with Gasteiger partial charge in [-0.05, 0) is 30.4 Å². The van der Waals surface area contributed by atoms with Crippen molar-refractivity contribution in [2.75, 3.05) is 38.2 Å². The van der Waals surface area contributed by atoms with E-state index in [9.17, 15) is 0 Å². The molecule has 4 aromatic rings. The zero-order valence-electron chi connectivity index (χ0n) is 20.4. The maximum atomic E-state index is 16.1. The van der Waals surface area contributed by atoms with Crippen LogP contribution in [0.1, 0.15) is 44.6 Å². The lowest BCUT2D eigenvalue weighted by Gasteiger charge is -2.63. The Labute approximate surface area is 203 Å². The van der Waals surface area contributed by atoms with Gasteiger partial charge in [-0.2, -0.15) is 5.10 Å². The fraction of sp³-hybridized carbons (Fsp3) is 0.500. The molecule has 0 aromatic carbocycles. The van der Waals surface area contributed by atoms with Crippen LogP contribution in [0.25, 0.3) is 27.8 Å². The zero-order chi connectivity index (χ0) is 23.9. The first kappa shape index (κ1) is 21.1. The number of nitrogens with zero attached hydrogens (tertiary/aromatic N) is 6. The highest BCUT2D eigenvalue weighted by atomic mass is 19.1. The number of methoxy groups -OCH3 is 1. The maximum absolute atomic E-state index is 16.1. The molecular formula is C26H30FN7O. The van der Waals surface area contributed by atoms with Crippen LogP contribution in [-0.4, -0.2) is 68.8 Å². The fourth-order valence-corrected chi connectivity index (χ4v) is 6.31. The molecule has 8 nitrogen and oxygen atoms in total. The van der Waals surface area contributed by atoms with Gasteiger partial charge in [0, 0.05) is 54.8 Å². The standard InChI is InChI=1S/C26H30FN7O/c1-15(2)20-21-18(31-23(20)16-7-19(35-3)24-29-14-30-34(24)9-16)8-28-25(22(21)27)33-12-26(13-33)10-32(11-26)17-5-4-6-17/h7-9,14-15,17,31H,4-6,10-13H2,1-3H3. The highest BCUT2D eigenvalue weighted by molar-refractivity contribution is 5.93. The highest BCUT2D eigenvalue weighted by Gasteiger charge is 2.54. The molecule has 0 radical (unpaired) electrons. The van der Waals surface area contributed by atoms with Crippen LogP contribution >= 0.6 is 0 Å². The van der Waals surface area contributed by atoms with Crippen LogP contribution < -0.4 is 9.64 Å². The average Bonchev–Trinajstić information content (AvgIpc) is 3.38. The van der Waals surface area contributed by atoms with E-state index in [2.05, 4.69) is 43.7 Å². The van der Waals surface area contributed by atoms with Crippen molar-refractivity contribution < 1.29 is 9.13 Å². The molecule has 3 fully saturated rings. The number of likely N-dealkylation sites (tertiary alicyclic amines) is 1. The molecule has 1 N–H and O–H groups in total. The van der Waals surface area contributed by atoms with Gasteiger partial charge in [0.25, 0.3) is 0 Å². The Morgan fingerprint density at radius 3 is 2.66 bits per heavy atom. The molecule has 0 atom stereocenters. The van der Waals surface area contributed by atoms with E-state index < -0.39 is 0 Å². The van der Waals surface area contributed by atoms with E-state index >= 15 is 4.39 Å². The Hall–Kier alpha value is -3.20. The van der Waals surface area contributed by atoms with Crippen molar-refractivity contribution in [3.8, 4) is 17.0 Å². The van der Waals surface area contributed by atoms with Crippen LogP contribution in [-0.2, 0) is 0 Å². The summed E-state index contributed by atoms with van der Waals surface area (Å²) in [5.41, 5.74) is 4.35. The number of hydrogen-bond acceptors (Lipinski definition) is 6. The van der Waals surface area contributed by atoms with E-state index in [1.54, 1.807) is 17.8 Å². The van der Waals surface area contributed by atoms with E-state index in [-0.39, 0.29) is 11.7 Å². The van der Waals surface area contributed by atoms with Gasteiger partial charge in [-0.25, -0.2) is 18.9 Å². The second-order valence-corrected chi connectivity index (χ2v) is 10.9. The van der Waals surface area contributed by atoms with Crippen LogP contribution in [0.4, 0.5) is 10.2 Å². The van der Waals surface area contributed by atoms with Crippen molar-refractivity contribution in [1.29, 1.82) is 0 Å². The second kappa shape index (κ2) is 7.40. The molecule has 3 aliphatic rings. The van der Waals surface area contributed by atoms with E-state index in [1.807, 2.05) is 12.3 Å². The molecule has 0 amide bonds. The molecule has 0 bridgehead atoms. The molecule has 9 heteroatoms. The van der Waals surface area contributed by atoms with Gasteiger partial charge in [0.05, 0.1) is 24.5 Å². The van der Waals surface area contributed by atoms with Crippen molar-refractivity contribution in [3.05, 3.63) is 36.2 Å². The van der Waals surface area contributed by atoms with Crippen LogP contribution in [0.3, 0.4) is 0 Å². The summed E-state index contributed by atoms with van der Waals surface area (Å²) in [6.07, 6.45) is 9.23. The number of ether oxygens (including phenoxy) is 1. The average molecular weight is 476 g/mol. The van der Waals surface area contributed by atoms with E-state index in [4.69, 9.17) is 4.74 Å². The van der Waals surface area contributed by atoms with Gasteiger partial charge >= 0.3 is 0 Å². The third kappa shape index (κ3) is 3.03. The molecule has 1 spiro atoms. The predicted molar refractivity (Wildman–Crippen MR) is 133 cm³/mol. The molecule has 2 aliphatic heterocycles. The van der Waals surface area contributed by atoms with Crippen LogP contribution in [0.15, 0.2) is 24.8 Å². The number of pyridine rings is 2.